The van der Waals surface area contributed by atoms with Gasteiger partial charge in [0.25, 0.3) is 0 Å². The molecule has 124 valence electrons. The van der Waals surface area contributed by atoms with Crippen molar-refractivity contribution in [1.29, 1.82) is 0 Å². The molecule has 0 radical (unpaired) electrons. The van der Waals surface area contributed by atoms with Crippen LogP contribution in [-0.2, 0) is 21.9 Å². The van der Waals surface area contributed by atoms with Gasteiger partial charge >= 0.3 is 0 Å². The zero-order chi connectivity index (χ0) is 16.7. The minimum Gasteiger partial charge on any atom is -0.327 e. The molecule has 0 aliphatic carbocycles. The maximum Gasteiger partial charge on any atom is 0.236 e. The molecule has 0 heterocycles. The molecule has 4 nitrogen and oxygen atoms in total. The van der Waals surface area contributed by atoms with Gasteiger partial charge in [0.1, 0.15) is 0 Å². The molecule has 0 spiro atoms. The smallest absolute Gasteiger partial charge is 0.236 e. The van der Waals surface area contributed by atoms with Gasteiger partial charge in [-0.1, -0.05) is 60.7 Å². The first-order chi connectivity index (χ1) is 11.1. The van der Waals surface area contributed by atoms with Crippen LogP contribution in [0.15, 0.2) is 60.7 Å². The molecule has 23 heavy (non-hydrogen) atoms. The molecular formula is C18H25N2O2P. The summed E-state index contributed by atoms with van der Waals surface area (Å²) in [5.41, 5.74) is 14.6. The van der Waals surface area contributed by atoms with Crippen molar-refractivity contribution in [3.05, 3.63) is 71.8 Å². The largest absolute Gasteiger partial charge is 0.327 e. The SMILES string of the molecule is CCOP(=O)(C(N)Cc1ccccc1)C(N)Cc1ccccc1. The number of nitrogens with two attached hydrogens (primary N) is 2. The Bertz CT molecular complexity index is 582. The highest BCUT2D eigenvalue weighted by atomic mass is 31.2. The second kappa shape index (κ2) is 8.42. The molecule has 4 N–H and O–H groups in total. The molecule has 0 amide bonds. The Balaban J connectivity index is 2.14. The van der Waals surface area contributed by atoms with E-state index in [1.54, 1.807) is 0 Å². The standard InChI is InChI=1S/C18H25N2O2P/c1-2-22-23(21,17(19)13-15-9-5-3-6-10-15)18(20)14-16-11-7-4-8-12-16/h3-12,17-18H,2,13-14,19-20H2,1H3. The van der Waals surface area contributed by atoms with Gasteiger partial charge in [0.15, 0.2) is 0 Å². The zero-order valence-electron chi connectivity index (χ0n) is 13.5. The molecule has 2 aromatic carbocycles. The van der Waals surface area contributed by atoms with Crippen LogP contribution in [0.4, 0.5) is 0 Å². The topological polar surface area (TPSA) is 78.3 Å². The lowest BCUT2D eigenvalue weighted by atomic mass is 10.1. The normalized spacial score (nSPS) is 16.5. The third kappa shape index (κ3) is 4.76. The summed E-state index contributed by atoms with van der Waals surface area (Å²) >= 11 is 0. The summed E-state index contributed by atoms with van der Waals surface area (Å²) in [6.45, 7) is 2.15. The van der Waals surface area contributed by atoms with Crippen LogP contribution in [0.25, 0.3) is 0 Å². The number of hydrogen-bond acceptors (Lipinski definition) is 4. The average molecular weight is 332 g/mol. The lowest BCUT2D eigenvalue weighted by Crippen LogP contribution is -2.35. The van der Waals surface area contributed by atoms with Gasteiger partial charge in [0.2, 0.25) is 7.37 Å². The van der Waals surface area contributed by atoms with Crippen molar-refractivity contribution in [3.8, 4) is 0 Å². The van der Waals surface area contributed by atoms with Crippen LogP contribution in [0.1, 0.15) is 18.1 Å². The second-order valence-corrected chi connectivity index (χ2v) is 8.45. The fourth-order valence-electron chi connectivity index (χ4n) is 2.60. The van der Waals surface area contributed by atoms with Gasteiger partial charge in [-0.05, 0) is 30.9 Å². The van der Waals surface area contributed by atoms with Crippen molar-refractivity contribution in [2.24, 2.45) is 11.5 Å². The van der Waals surface area contributed by atoms with Crippen LogP contribution >= 0.6 is 7.37 Å². The molecule has 0 saturated heterocycles. The summed E-state index contributed by atoms with van der Waals surface area (Å²) in [7, 11) is -3.18. The average Bonchev–Trinajstić information content (AvgIpc) is 2.56. The van der Waals surface area contributed by atoms with Gasteiger partial charge in [0, 0.05) is 0 Å². The first-order valence-electron chi connectivity index (χ1n) is 7.89. The van der Waals surface area contributed by atoms with E-state index < -0.39 is 18.9 Å². The minimum absolute atomic E-state index is 0.336. The van der Waals surface area contributed by atoms with Gasteiger partial charge in [-0.2, -0.15) is 0 Å². The van der Waals surface area contributed by atoms with Gasteiger partial charge < -0.3 is 16.0 Å². The number of rotatable bonds is 8. The van der Waals surface area contributed by atoms with Crippen molar-refractivity contribution in [3.63, 3.8) is 0 Å². The van der Waals surface area contributed by atoms with Crippen molar-refractivity contribution >= 4 is 7.37 Å². The van der Waals surface area contributed by atoms with E-state index in [1.807, 2.05) is 67.6 Å². The predicted molar refractivity (Wildman–Crippen MR) is 95.5 cm³/mol. The molecule has 2 atom stereocenters. The van der Waals surface area contributed by atoms with Crippen molar-refractivity contribution < 1.29 is 9.09 Å². The molecule has 0 fully saturated rings. The molecule has 0 aromatic heterocycles. The molecule has 2 aromatic rings. The van der Waals surface area contributed by atoms with Crippen molar-refractivity contribution in [1.82, 2.24) is 0 Å². The number of hydrogen-bond donors (Lipinski definition) is 2. The maximum atomic E-state index is 13.3. The van der Waals surface area contributed by atoms with E-state index in [9.17, 15) is 4.57 Å². The molecule has 2 unspecified atom stereocenters. The van der Waals surface area contributed by atoms with Crippen LogP contribution in [0.5, 0.6) is 0 Å². The van der Waals surface area contributed by atoms with Gasteiger partial charge in [-0.15, -0.1) is 0 Å². The van der Waals surface area contributed by atoms with Crippen LogP contribution in [0.2, 0.25) is 0 Å². The van der Waals surface area contributed by atoms with Crippen molar-refractivity contribution in [2.45, 2.75) is 31.3 Å². The molecule has 0 saturated carbocycles. The highest BCUT2D eigenvalue weighted by Gasteiger charge is 2.37. The minimum atomic E-state index is -3.18. The Morgan fingerprint density at radius 3 is 1.61 bits per heavy atom. The highest BCUT2D eigenvalue weighted by molar-refractivity contribution is 7.60. The summed E-state index contributed by atoms with van der Waals surface area (Å²) in [6, 6.07) is 19.5. The third-order valence-corrected chi connectivity index (χ3v) is 6.71. The highest BCUT2D eigenvalue weighted by Crippen LogP contribution is 2.54. The summed E-state index contributed by atoms with van der Waals surface area (Å²) in [4.78, 5) is 0. The van der Waals surface area contributed by atoms with Gasteiger partial charge in [-0.25, -0.2) is 0 Å². The van der Waals surface area contributed by atoms with Crippen LogP contribution < -0.4 is 11.5 Å². The van der Waals surface area contributed by atoms with E-state index >= 15 is 0 Å². The summed E-state index contributed by atoms with van der Waals surface area (Å²) in [5, 5.41) is 0. The van der Waals surface area contributed by atoms with Crippen LogP contribution in [0.3, 0.4) is 0 Å². The predicted octanol–water partition coefficient (Wildman–Crippen LogP) is 3.36. The lowest BCUT2D eigenvalue weighted by molar-refractivity contribution is 0.316. The summed E-state index contributed by atoms with van der Waals surface area (Å²) < 4.78 is 19.0. The Hall–Kier alpha value is -1.45. The molecule has 0 bridgehead atoms. The Morgan fingerprint density at radius 2 is 1.26 bits per heavy atom. The summed E-state index contributed by atoms with van der Waals surface area (Å²) in [6.07, 6.45) is 0.973. The number of benzene rings is 2. The Kier molecular flexibility index (Phi) is 6.55. The molecule has 2 rings (SSSR count). The van der Waals surface area contributed by atoms with Gasteiger partial charge in [0.05, 0.1) is 18.2 Å². The fourth-order valence-corrected chi connectivity index (χ4v) is 4.81. The fraction of sp³-hybridized carbons (Fsp3) is 0.333. The first kappa shape index (κ1) is 17.9. The first-order valence-corrected chi connectivity index (χ1v) is 9.65. The zero-order valence-corrected chi connectivity index (χ0v) is 14.4. The van der Waals surface area contributed by atoms with Crippen LogP contribution in [-0.4, -0.2) is 18.2 Å². The molecular weight excluding hydrogens is 307 g/mol. The van der Waals surface area contributed by atoms with E-state index in [0.29, 0.717) is 19.4 Å². The van der Waals surface area contributed by atoms with E-state index in [0.717, 1.165) is 11.1 Å². The van der Waals surface area contributed by atoms with E-state index in [1.165, 1.54) is 0 Å². The maximum absolute atomic E-state index is 13.3. The van der Waals surface area contributed by atoms with Crippen molar-refractivity contribution in [2.75, 3.05) is 6.61 Å². The van der Waals surface area contributed by atoms with Crippen LogP contribution in [0, 0.1) is 0 Å². The lowest BCUT2D eigenvalue weighted by Gasteiger charge is -2.29. The molecule has 5 heteroatoms. The summed E-state index contributed by atoms with van der Waals surface area (Å²) in [5.74, 6) is -1.22. The Labute approximate surface area is 138 Å². The monoisotopic (exact) mass is 332 g/mol. The quantitative estimate of drug-likeness (QED) is 0.727. The van der Waals surface area contributed by atoms with Gasteiger partial charge in [-0.3, -0.25) is 4.57 Å². The van der Waals surface area contributed by atoms with E-state index in [4.69, 9.17) is 16.0 Å². The third-order valence-electron chi connectivity index (χ3n) is 3.83. The van der Waals surface area contributed by atoms with E-state index in [-0.39, 0.29) is 0 Å². The van der Waals surface area contributed by atoms with E-state index in [2.05, 4.69) is 0 Å². The Morgan fingerprint density at radius 1 is 0.870 bits per heavy atom. The molecule has 0 aliphatic rings. The molecule has 0 aliphatic heterocycles. The second-order valence-electron chi connectivity index (χ2n) is 5.58.